The summed E-state index contributed by atoms with van der Waals surface area (Å²) in [4.78, 5) is 0. The third kappa shape index (κ3) is 7.28. The Bertz CT molecular complexity index is 258. The van der Waals surface area contributed by atoms with Crippen LogP contribution in [0.25, 0.3) is 6.08 Å². The lowest BCUT2D eigenvalue weighted by atomic mass is 10.0. The zero-order chi connectivity index (χ0) is 12.8. The molecule has 0 amide bonds. The molecule has 0 fully saturated rings. The highest BCUT2D eigenvalue weighted by Gasteiger charge is 1.93. The van der Waals surface area contributed by atoms with Crippen LogP contribution >= 0.6 is 0 Å². The largest absolute Gasteiger partial charge is 0.0842 e. The maximum atomic E-state index is 2.21. The summed E-state index contributed by atoms with van der Waals surface area (Å²) < 4.78 is 0. The fourth-order valence-corrected chi connectivity index (χ4v) is 1.26. The number of aryl methyl sites for hydroxylation is 1. The molecule has 0 atom stereocenters. The van der Waals surface area contributed by atoms with Gasteiger partial charge in [-0.3, -0.25) is 0 Å². The van der Waals surface area contributed by atoms with E-state index in [0.29, 0.717) is 0 Å². The molecule has 0 spiro atoms. The summed E-state index contributed by atoms with van der Waals surface area (Å²) >= 11 is 0. The van der Waals surface area contributed by atoms with Gasteiger partial charge in [0.1, 0.15) is 0 Å². The molecule has 0 aromatic heterocycles. The van der Waals surface area contributed by atoms with E-state index < -0.39 is 0 Å². The molecule has 0 N–H and O–H groups in total. The van der Waals surface area contributed by atoms with Gasteiger partial charge in [-0.15, -0.1) is 0 Å². The molecule has 1 aromatic rings. The Hall–Kier alpha value is -1.04. The Morgan fingerprint density at radius 1 is 0.938 bits per heavy atom. The van der Waals surface area contributed by atoms with E-state index in [4.69, 9.17) is 0 Å². The molecular formula is C16H28. The summed E-state index contributed by atoms with van der Waals surface area (Å²) in [6.07, 6.45) is 6.63. The van der Waals surface area contributed by atoms with Gasteiger partial charge in [0.25, 0.3) is 0 Å². The highest BCUT2D eigenvalue weighted by molar-refractivity contribution is 5.53. The molecule has 0 aliphatic heterocycles. The molecule has 16 heavy (non-hydrogen) atoms. The van der Waals surface area contributed by atoms with Crippen LogP contribution in [0.4, 0.5) is 0 Å². The molecule has 1 rings (SSSR count). The van der Waals surface area contributed by atoms with Gasteiger partial charge in [-0.05, 0) is 24.0 Å². The smallest absolute Gasteiger partial charge is 0.0228 e. The zero-order valence-corrected chi connectivity index (χ0v) is 11.9. The van der Waals surface area contributed by atoms with Gasteiger partial charge in [-0.2, -0.15) is 0 Å². The highest BCUT2D eigenvalue weighted by Crippen LogP contribution is 2.11. The highest BCUT2D eigenvalue weighted by atomic mass is 14.0. The van der Waals surface area contributed by atoms with Gasteiger partial charge in [-0.25, -0.2) is 0 Å². The Morgan fingerprint density at radius 2 is 1.50 bits per heavy atom. The molecule has 0 bridgehead atoms. The van der Waals surface area contributed by atoms with Crippen LogP contribution in [0.15, 0.2) is 30.3 Å². The summed E-state index contributed by atoms with van der Waals surface area (Å²) in [6.45, 7) is 12.4. The summed E-state index contributed by atoms with van der Waals surface area (Å²) in [5, 5.41) is 0. The fourth-order valence-electron chi connectivity index (χ4n) is 1.26. The molecule has 0 saturated carbocycles. The van der Waals surface area contributed by atoms with Gasteiger partial charge in [0, 0.05) is 0 Å². The van der Waals surface area contributed by atoms with E-state index in [1.54, 1.807) is 0 Å². The second kappa shape index (κ2) is 14.0. The molecule has 0 aliphatic carbocycles. The molecule has 0 saturated heterocycles. The van der Waals surface area contributed by atoms with Crippen molar-refractivity contribution in [2.45, 2.75) is 54.4 Å². The Kier molecular flexibility index (Phi) is 15.1. The topological polar surface area (TPSA) is 0 Å². The first-order chi connectivity index (χ1) is 7.88. The number of rotatable bonds is 3. The van der Waals surface area contributed by atoms with Crippen LogP contribution < -0.4 is 0 Å². The van der Waals surface area contributed by atoms with Crippen LogP contribution in [0, 0.1) is 0 Å². The lowest BCUT2D eigenvalue weighted by Gasteiger charge is -2.00. The Balaban J connectivity index is 0. The van der Waals surface area contributed by atoms with Crippen LogP contribution in [0.5, 0.6) is 0 Å². The molecule has 0 unspecified atom stereocenters. The summed E-state index contributed by atoms with van der Waals surface area (Å²) in [7, 11) is 0. The second-order valence-electron chi connectivity index (χ2n) is 2.86. The summed E-state index contributed by atoms with van der Waals surface area (Å²) in [5.74, 6) is 0. The van der Waals surface area contributed by atoms with Gasteiger partial charge in [-0.1, -0.05) is 78.0 Å². The van der Waals surface area contributed by atoms with Crippen molar-refractivity contribution in [3.63, 3.8) is 0 Å². The van der Waals surface area contributed by atoms with E-state index in [1.165, 1.54) is 11.1 Å². The van der Waals surface area contributed by atoms with Crippen molar-refractivity contribution in [3.8, 4) is 0 Å². The van der Waals surface area contributed by atoms with Crippen LogP contribution in [-0.2, 0) is 6.42 Å². The van der Waals surface area contributed by atoms with Gasteiger partial charge >= 0.3 is 0 Å². The van der Waals surface area contributed by atoms with Crippen LogP contribution in [0.1, 0.15) is 59.1 Å². The standard InChI is InChI=1S/C12H16.2C2H6/c1-3-5-8-12-10-7-6-9-11(12)4-2;2*1-2/h5-10H,3-4H2,1-2H3;2*1-2H3/b8-5-;;. The number of allylic oxidation sites excluding steroid dienone is 1. The minimum absolute atomic E-state index is 1.11. The number of benzene rings is 1. The van der Waals surface area contributed by atoms with Gasteiger partial charge in [0.05, 0.1) is 0 Å². The molecule has 92 valence electrons. The third-order valence-electron chi connectivity index (χ3n) is 1.97. The third-order valence-corrected chi connectivity index (χ3v) is 1.97. The van der Waals surface area contributed by atoms with Crippen LogP contribution in [0.3, 0.4) is 0 Å². The first-order valence-corrected chi connectivity index (χ1v) is 6.63. The molecule has 0 aliphatic rings. The van der Waals surface area contributed by atoms with Crippen molar-refractivity contribution in [2.75, 3.05) is 0 Å². The average Bonchev–Trinajstić information content (AvgIpc) is 2.41. The predicted molar refractivity (Wildman–Crippen MR) is 77.8 cm³/mol. The van der Waals surface area contributed by atoms with Crippen molar-refractivity contribution in [3.05, 3.63) is 41.5 Å². The minimum Gasteiger partial charge on any atom is -0.0842 e. The molecular weight excluding hydrogens is 192 g/mol. The first-order valence-electron chi connectivity index (χ1n) is 6.63. The predicted octanol–water partition coefficient (Wildman–Crippen LogP) is 5.72. The van der Waals surface area contributed by atoms with Crippen molar-refractivity contribution in [2.24, 2.45) is 0 Å². The Morgan fingerprint density at radius 3 is 2.00 bits per heavy atom. The van der Waals surface area contributed by atoms with Crippen LogP contribution in [-0.4, -0.2) is 0 Å². The van der Waals surface area contributed by atoms with E-state index in [0.717, 1.165) is 12.8 Å². The van der Waals surface area contributed by atoms with Crippen molar-refractivity contribution < 1.29 is 0 Å². The first kappa shape index (κ1) is 17.4. The number of hydrogen-bond donors (Lipinski definition) is 0. The fraction of sp³-hybridized carbons (Fsp3) is 0.500. The van der Waals surface area contributed by atoms with Gasteiger partial charge in [0.2, 0.25) is 0 Å². The zero-order valence-electron chi connectivity index (χ0n) is 11.9. The van der Waals surface area contributed by atoms with E-state index in [9.17, 15) is 0 Å². The Labute approximate surface area is 102 Å². The maximum absolute atomic E-state index is 2.21. The second-order valence-corrected chi connectivity index (χ2v) is 2.86. The van der Waals surface area contributed by atoms with E-state index >= 15 is 0 Å². The molecule has 0 heteroatoms. The minimum atomic E-state index is 1.11. The van der Waals surface area contributed by atoms with E-state index in [1.807, 2.05) is 27.7 Å². The molecule has 0 nitrogen and oxygen atoms in total. The molecule has 0 radical (unpaired) electrons. The molecule has 0 heterocycles. The van der Waals surface area contributed by atoms with Crippen molar-refractivity contribution >= 4 is 6.08 Å². The van der Waals surface area contributed by atoms with E-state index in [2.05, 4.69) is 50.3 Å². The maximum Gasteiger partial charge on any atom is -0.0228 e. The lowest BCUT2D eigenvalue weighted by Crippen LogP contribution is -1.83. The SMILES string of the molecule is CC.CC.CC/C=C\c1ccccc1CC. The molecule has 1 aromatic carbocycles. The number of hydrogen-bond acceptors (Lipinski definition) is 0. The summed E-state index contributed by atoms with van der Waals surface area (Å²) in [6, 6.07) is 8.55. The van der Waals surface area contributed by atoms with E-state index in [-0.39, 0.29) is 0 Å². The lowest BCUT2D eigenvalue weighted by molar-refractivity contribution is 1.13. The normalized spacial score (nSPS) is 8.88. The van der Waals surface area contributed by atoms with Crippen LogP contribution in [0.2, 0.25) is 0 Å². The van der Waals surface area contributed by atoms with Gasteiger partial charge in [0.15, 0.2) is 0 Å². The monoisotopic (exact) mass is 220 g/mol. The average molecular weight is 220 g/mol. The summed E-state index contributed by atoms with van der Waals surface area (Å²) in [5.41, 5.74) is 2.80. The van der Waals surface area contributed by atoms with Crippen molar-refractivity contribution in [1.82, 2.24) is 0 Å². The quantitative estimate of drug-likeness (QED) is 0.610. The van der Waals surface area contributed by atoms with Crippen molar-refractivity contribution in [1.29, 1.82) is 0 Å². The van der Waals surface area contributed by atoms with Gasteiger partial charge < -0.3 is 0 Å².